The van der Waals surface area contributed by atoms with E-state index in [2.05, 4.69) is 0 Å². The zero-order valence-corrected chi connectivity index (χ0v) is 13.2. The van der Waals surface area contributed by atoms with E-state index in [-0.39, 0.29) is 12.5 Å². The third-order valence-electron chi connectivity index (χ3n) is 3.41. The number of nitrogens with zero attached hydrogens (tertiary/aromatic N) is 1. The van der Waals surface area contributed by atoms with Crippen LogP contribution in [0.15, 0.2) is 48.5 Å². The first-order valence-corrected chi connectivity index (χ1v) is 7.39. The fourth-order valence-electron chi connectivity index (χ4n) is 2.21. The zero-order chi connectivity index (χ0) is 17.0. The van der Waals surface area contributed by atoms with Crippen molar-refractivity contribution in [1.82, 2.24) is 5.06 Å². The van der Waals surface area contributed by atoms with Gasteiger partial charge in [-0.15, -0.1) is 0 Å². The van der Waals surface area contributed by atoms with E-state index < -0.39 is 11.8 Å². The van der Waals surface area contributed by atoms with Gasteiger partial charge in [0.2, 0.25) is 5.91 Å². The number of carbonyl (C=O) groups is 2. The fourth-order valence-corrected chi connectivity index (χ4v) is 2.21. The van der Waals surface area contributed by atoms with Gasteiger partial charge in [-0.1, -0.05) is 38.1 Å². The van der Waals surface area contributed by atoms with Gasteiger partial charge in [0.1, 0.15) is 0 Å². The van der Waals surface area contributed by atoms with Crippen LogP contribution in [0.25, 0.3) is 11.1 Å². The van der Waals surface area contributed by atoms with Crippen LogP contribution < -0.4 is 5.73 Å². The maximum absolute atomic E-state index is 12.1. The number of rotatable bonds is 5. The molecule has 0 aliphatic rings. The average molecular weight is 312 g/mol. The molecule has 0 aliphatic carbocycles. The van der Waals surface area contributed by atoms with Crippen LogP contribution in [0.4, 0.5) is 0 Å². The van der Waals surface area contributed by atoms with Crippen molar-refractivity contribution in [2.75, 3.05) is 6.54 Å². The molecule has 0 bridgehead atoms. The van der Waals surface area contributed by atoms with Gasteiger partial charge in [0.05, 0.1) is 6.54 Å². The summed E-state index contributed by atoms with van der Waals surface area (Å²) in [4.78, 5) is 23.1. The number of carbonyl (C=O) groups excluding carboxylic acids is 2. The van der Waals surface area contributed by atoms with Crippen LogP contribution in [-0.4, -0.2) is 28.6 Å². The van der Waals surface area contributed by atoms with Crippen LogP contribution in [0.1, 0.15) is 34.6 Å². The van der Waals surface area contributed by atoms with Crippen LogP contribution in [-0.2, 0) is 0 Å². The first kappa shape index (κ1) is 16.7. The summed E-state index contributed by atoms with van der Waals surface area (Å²) in [6.45, 7) is 4.14. The predicted octanol–water partition coefficient (Wildman–Crippen LogP) is 2.94. The minimum absolute atomic E-state index is 0.187. The third kappa shape index (κ3) is 4.17. The number of benzene rings is 2. The van der Waals surface area contributed by atoms with E-state index >= 15 is 0 Å². The molecule has 2 aromatic rings. The molecule has 5 heteroatoms. The Labute approximate surface area is 135 Å². The van der Waals surface area contributed by atoms with Crippen LogP contribution >= 0.6 is 0 Å². The summed E-state index contributed by atoms with van der Waals surface area (Å²) in [5.74, 6) is -0.702. The average Bonchev–Trinajstić information content (AvgIpc) is 2.53. The summed E-state index contributed by atoms with van der Waals surface area (Å²) in [6, 6.07) is 13.9. The smallest absolute Gasteiger partial charge is 0.277 e. The summed E-state index contributed by atoms with van der Waals surface area (Å²) in [7, 11) is 0. The Morgan fingerprint density at radius 1 is 0.957 bits per heavy atom. The molecular weight excluding hydrogens is 292 g/mol. The normalized spacial score (nSPS) is 10.6. The number of primary amides is 1. The molecule has 0 aromatic heterocycles. The van der Waals surface area contributed by atoms with Gasteiger partial charge in [-0.05, 0) is 41.3 Å². The first-order valence-electron chi connectivity index (χ1n) is 7.39. The highest BCUT2D eigenvalue weighted by Crippen LogP contribution is 2.21. The topological polar surface area (TPSA) is 83.6 Å². The third-order valence-corrected chi connectivity index (χ3v) is 3.41. The molecule has 0 saturated heterocycles. The Hall–Kier alpha value is -2.66. The SMILES string of the molecule is CC(C)CN(O)C(=O)c1ccc(-c2ccc(C(N)=O)cc2)cc1. The second kappa shape index (κ2) is 7.07. The summed E-state index contributed by atoms with van der Waals surface area (Å²) in [5, 5.41) is 10.5. The first-order chi connectivity index (χ1) is 10.9. The van der Waals surface area contributed by atoms with Gasteiger partial charge >= 0.3 is 0 Å². The number of hydrogen-bond donors (Lipinski definition) is 2. The quantitative estimate of drug-likeness (QED) is 0.657. The monoisotopic (exact) mass is 312 g/mol. The molecule has 2 aromatic carbocycles. The largest absolute Gasteiger partial charge is 0.366 e. The lowest BCUT2D eigenvalue weighted by Gasteiger charge is -2.17. The van der Waals surface area contributed by atoms with E-state index in [0.29, 0.717) is 11.1 Å². The molecule has 0 atom stereocenters. The van der Waals surface area contributed by atoms with E-state index in [1.807, 2.05) is 13.8 Å². The van der Waals surface area contributed by atoms with Crippen LogP contribution in [0, 0.1) is 5.92 Å². The molecule has 120 valence electrons. The predicted molar refractivity (Wildman–Crippen MR) is 88.1 cm³/mol. The van der Waals surface area contributed by atoms with Gasteiger partial charge in [0.25, 0.3) is 5.91 Å². The summed E-state index contributed by atoms with van der Waals surface area (Å²) >= 11 is 0. The number of hydroxylamine groups is 2. The molecule has 5 nitrogen and oxygen atoms in total. The number of nitrogens with two attached hydrogens (primary N) is 1. The highest BCUT2D eigenvalue weighted by atomic mass is 16.5. The van der Waals surface area contributed by atoms with Crippen molar-refractivity contribution in [3.63, 3.8) is 0 Å². The van der Waals surface area contributed by atoms with Gasteiger partial charge in [0, 0.05) is 11.1 Å². The molecule has 0 aliphatic heterocycles. The van der Waals surface area contributed by atoms with Crippen LogP contribution in [0.5, 0.6) is 0 Å². The molecule has 2 rings (SSSR count). The minimum Gasteiger partial charge on any atom is -0.366 e. The second-order valence-corrected chi connectivity index (χ2v) is 5.80. The Balaban J connectivity index is 2.15. The molecule has 0 heterocycles. The van der Waals surface area contributed by atoms with Gasteiger partial charge in [-0.3, -0.25) is 14.8 Å². The lowest BCUT2D eigenvalue weighted by atomic mass is 10.0. The van der Waals surface area contributed by atoms with Crippen molar-refractivity contribution in [3.8, 4) is 11.1 Å². The van der Waals surface area contributed by atoms with Crippen molar-refractivity contribution in [2.45, 2.75) is 13.8 Å². The second-order valence-electron chi connectivity index (χ2n) is 5.80. The lowest BCUT2D eigenvalue weighted by Crippen LogP contribution is -2.30. The maximum atomic E-state index is 12.1. The van der Waals surface area contributed by atoms with Crippen molar-refractivity contribution in [1.29, 1.82) is 0 Å². The number of hydrogen-bond acceptors (Lipinski definition) is 3. The molecule has 0 saturated carbocycles. The maximum Gasteiger partial charge on any atom is 0.277 e. The van der Waals surface area contributed by atoms with Gasteiger partial charge < -0.3 is 5.73 Å². The fraction of sp³-hybridized carbons (Fsp3) is 0.222. The highest BCUT2D eigenvalue weighted by Gasteiger charge is 2.14. The van der Waals surface area contributed by atoms with Gasteiger partial charge in [-0.25, -0.2) is 5.06 Å². The van der Waals surface area contributed by atoms with E-state index in [0.717, 1.165) is 16.2 Å². The van der Waals surface area contributed by atoms with E-state index in [4.69, 9.17) is 5.73 Å². The van der Waals surface area contributed by atoms with E-state index in [1.54, 1.807) is 48.5 Å². The molecule has 0 spiro atoms. The Bertz CT molecular complexity index is 691. The molecular formula is C18H20N2O3. The minimum atomic E-state index is -0.467. The van der Waals surface area contributed by atoms with E-state index in [9.17, 15) is 14.8 Å². The Morgan fingerprint density at radius 3 is 1.78 bits per heavy atom. The summed E-state index contributed by atoms with van der Waals surface area (Å²) < 4.78 is 0. The molecule has 0 fully saturated rings. The molecule has 23 heavy (non-hydrogen) atoms. The van der Waals surface area contributed by atoms with E-state index in [1.165, 1.54) is 0 Å². The van der Waals surface area contributed by atoms with Crippen molar-refractivity contribution >= 4 is 11.8 Å². The van der Waals surface area contributed by atoms with Crippen LogP contribution in [0.3, 0.4) is 0 Å². The number of amides is 2. The standard InChI is InChI=1S/C18H20N2O3/c1-12(2)11-20(23)18(22)16-9-5-14(6-10-16)13-3-7-15(8-4-13)17(19)21/h3-10,12,23H,11H2,1-2H3,(H2,19,21). The lowest BCUT2D eigenvalue weighted by molar-refractivity contribution is -0.0647. The Kier molecular flexibility index (Phi) is 5.13. The van der Waals surface area contributed by atoms with Crippen LogP contribution in [0.2, 0.25) is 0 Å². The summed E-state index contributed by atoms with van der Waals surface area (Å²) in [6.07, 6.45) is 0. The van der Waals surface area contributed by atoms with Gasteiger partial charge in [0.15, 0.2) is 0 Å². The molecule has 0 radical (unpaired) electrons. The molecule has 3 N–H and O–H groups in total. The highest BCUT2D eigenvalue weighted by molar-refractivity contribution is 5.94. The Morgan fingerprint density at radius 2 is 1.39 bits per heavy atom. The molecule has 2 amide bonds. The summed E-state index contributed by atoms with van der Waals surface area (Å²) in [5.41, 5.74) is 7.91. The van der Waals surface area contributed by atoms with Gasteiger partial charge in [-0.2, -0.15) is 0 Å². The zero-order valence-electron chi connectivity index (χ0n) is 13.2. The van der Waals surface area contributed by atoms with Crippen molar-refractivity contribution in [3.05, 3.63) is 59.7 Å². The van der Waals surface area contributed by atoms with Crippen molar-refractivity contribution in [2.24, 2.45) is 11.7 Å². The molecule has 0 unspecified atom stereocenters. The van der Waals surface area contributed by atoms with Crippen molar-refractivity contribution < 1.29 is 14.8 Å².